The Morgan fingerprint density at radius 1 is 1.00 bits per heavy atom. The predicted octanol–water partition coefficient (Wildman–Crippen LogP) is -0.137. The van der Waals surface area contributed by atoms with E-state index in [1.54, 1.807) is 0 Å². The maximum Gasteiger partial charge on any atom is 0.673 e. The van der Waals surface area contributed by atoms with E-state index in [1.165, 1.54) is 13.1 Å². The average Bonchev–Trinajstić information content (AvgIpc) is 1.95. The zero-order valence-corrected chi connectivity index (χ0v) is 4.08. The molecule has 1 saturated heterocycles. The van der Waals surface area contributed by atoms with Gasteiger partial charge in [-0.3, -0.25) is 0 Å². The molecule has 0 unspecified atom stereocenters. The highest BCUT2D eigenvalue weighted by Crippen LogP contribution is 2.06. The molecule has 1 aliphatic rings. The number of nitrogens with two attached hydrogens (primary N) is 1. The first-order chi connectivity index (χ1) is 3.50. The number of quaternary nitrogens is 1. The fourth-order valence-corrected chi connectivity index (χ4v) is 0. The van der Waals surface area contributed by atoms with Crippen LogP contribution in [0.1, 0.15) is 0 Å². The van der Waals surface area contributed by atoms with Crippen molar-refractivity contribution in [1.82, 2.24) is 0 Å². The Balaban J connectivity index is 0.000000135. The van der Waals surface area contributed by atoms with Gasteiger partial charge in [-0.2, -0.15) is 0 Å². The van der Waals surface area contributed by atoms with Gasteiger partial charge < -0.3 is 22.6 Å². The van der Waals surface area contributed by atoms with Crippen LogP contribution in [0.25, 0.3) is 0 Å². The third-order valence-electron chi connectivity index (χ3n) is 0.289. The summed E-state index contributed by atoms with van der Waals surface area (Å²) < 4.78 is 39.0. The van der Waals surface area contributed by atoms with E-state index in [-0.39, 0.29) is 0 Å². The van der Waals surface area contributed by atoms with Gasteiger partial charge in [0.1, 0.15) is 13.1 Å². The van der Waals surface area contributed by atoms with E-state index in [9.17, 15) is 17.3 Å². The molecule has 1 nitrogen and oxygen atoms in total. The highest BCUT2D eigenvalue weighted by atomic mass is 19.5. The molecule has 6 heteroatoms. The van der Waals surface area contributed by atoms with Crippen molar-refractivity contribution in [2.24, 2.45) is 0 Å². The van der Waals surface area contributed by atoms with Crippen LogP contribution in [0.4, 0.5) is 17.3 Å². The predicted molar refractivity (Wildman–Crippen MR) is 21.8 cm³/mol. The van der Waals surface area contributed by atoms with Crippen molar-refractivity contribution in [3.63, 3.8) is 0 Å². The Morgan fingerprint density at radius 3 is 1.12 bits per heavy atom. The van der Waals surface area contributed by atoms with Crippen molar-refractivity contribution in [3.05, 3.63) is 0 Å². The quantitative estimate of drug-likeness (QED) is 0.267. The zero-order chi connectivity index (χ0) is 6.62. The topological polar surface area (TPSA) is 16.6 Å². The highest BCUT2D eigenvalue weighted by molar-refractivity contribution is 6.50. The Morgan fingerprint density at radius 2 is 1.12 bits per heavy atom. The fourth-order valence-electron chi connectivity index (χ4n) is 0. The van der Waals surface area contributed by atoms with E-state index < -0.39 is 7.25 Å². The molecular weight excluding hydrogens is 125 g/mol. The third kappa shape index (κ3) is 233. The van der Waals surface area contributed by atoms with Crippen molar-refractivity contribution in [1.29, 1.82) is 0 Å². The molecule has 2 N–H and O–H groups in total. The molecular formula is C2H6BF4N. The summed E-state index contributed by atoms with van der Waals surface area (Å²) in [7, 11) is -6.00. The number of halogens is 4. The molecule has 0 aromatic rings. The van der Waals surface area contributed by atoms with Gasteiger partial charge in [-0.15, -0.1) is 0 Å². The van der Waals surface area contributed by atoms with Gasteiger partial charge in [-0.25, -0.2) is 0 Å². The van der Waals surface area contributed by atoms with Gasteiger partial charge in [0.2, 0.25) is 0 Å². The van der Waals surface area contributed by atoms with E-state index in [2.05, 4.69) is 5.32 Å². The summed E-state index contributed by atoms with van der Waals surface area (Å²) in [6, 6.07) is 0. The summed E-state index contributed by atoms with van der Waals surface area (Å²) in [6.07, 6.45) is 0. The lowest BCUT2D eigenvalue weighted by Crippen LogP contribution is -2.55. The van der Waals surface area contributed by atoms with E-state index in [4.69, 9.17) is 0 Å². The largest absolute Gasteiger partial charge is 0.673 e. The minimum atomic E-state index is -6.00. The normalized spacial score (nSPS) is 16.5. The van der Waals surface area contributed by atoms with Gasteiger partial charge >= 0.3 is 7.25 Å². The second-order valence-corrected chi connectivity index (χ2v) is 1.36. The van der Waals surface area contributed by atoms with Crippen molar-refractivity contribution in [2.75, 3.05) is 13.1 Å². The summed E-state index contributed by atoms with van der Waals surface area (Å²) in [5.74, 6) is 0. The first-order valence-corrected chi connectivity index (χ1v) is 2.19. The summed E-state index contributed by atoms with van der Waals surface area (Å²) in [4.78, 5) is 0. The van der Waals surface area contributed by atoms with Gasteiger partial charge in [-0.05, 0) is 0 Å². The van der Waals surface area contributed by atoms with Crippen LogP contribution in [-0.2, 0) is 0 Å². The van der Waals surface area contributed by atoms with Crippen LogP contribution in [0.15, 0.2) is 0 Å². The molecule has 0 spiro atoms. The lowest BCUT2D eigenvalue weighted by Gasteiger charge is -1.94. The fraction of sp³-hybridized carbons (Fsp3) is 1.00. The number of hydrogen-bond donors (Lipinski definition) is 1. The van der Waals surface area contributed by atoms with Crippen molar-refractivity contribution in [3.8, 4) is 0 Å². The average molecular weight is 131 g/mol. The van der Waals surface area contributed by atoms with Crippen LogP contribution >= 0.6 is 0 Å². The lowest BCUT2D eigenvalue weighted by atomic mass is 10.3. The van der Waals surface area contributed by atoms with Crippen LogP contribution in [-0.4, -0.2) is 20.3 Å². The molecule has 1 rings (SSSR count). The van der Waals surface area contributed by atoms with Crippen molar-refractivity contribution < 1.29 is 22.6 Å². The Bertz CT molecular complexity index is 50.8. The molecule has 50 valence electrons. The van der Waals surface area contributed by atoms with E-state index in [1.807, 2.05) is 0 Å². The second kappa shape index (κ2) is 2.91. The van der Waals surface area contributed by atoms with Crippen molar-refractivity contribution >= 4 is 7.25 Å². The van der Waals surface area contributed by atoms with Crippen LogP contribution in [0.3, 0.4) is 0 Å². The molecule has 0 aromatic carbocycles. The van der Waals surface area contributed by atoms with Gasteiger partial charge in [0.25, 0.3) is 0 Å². The molecule has 0 aliphatic carbocycles. The molecule has 0 atom stereocenters. The maximum atomic E-state index is 9.75. The molecule has 1 heterocycles. The molecule has 1 fully saturated rings. The Labute approximate surface area is 44.2 Å². The standard InChI is InChI=1S/C2H5N.BF4/c1-2-3-1;2-1(3,4)5/h3H,1-2H2;/q;-1/p+1. The second-order valence-electron chi connectivity index (χ2n) is 1.36. The van der Waals surface area contributed by atoms with E-state index in [0.29, 0.717) is 0 Å². The van der Waals surface area contributed by atoms with Crippen LogP contribution < -0.4 is 5.32 Å². The van der Waals surface area contributed by atoms with Gasteiger partial charge in [-0.1, -0.05) is 0 Å². The maximum absolute atomic E-state index is 9.75. The number of rotatable bonds is 0. The van der Waals surface area contributed by atoms with Gasteiger partial charge in [0.05, 0.1) is 0 Å². The van der Waals surface area contributed by atoms with E-state index >= 15 is 0 Å². The van der Waals surface area contributed by atoms with Crippen LogP contribution in [0.2, 0.25) is 0 Å². The number of hydrogen-bond acceptors (Lipinski definition) is 0. The van der Waals surface area contributed by atoms with Crippen LogP contribution in [0.5, 0.6) is 0 Å². The summed E-state index contributed by atoms with van der Waals surface area (Å²) in [5, 5.41) is 2.25. The summed E-state index contributed by atoms with van der Waals surface area (Å²) in [5.41, 5.74) is 0. The molecule has 0 bridgehead atoms. The lowest BCUT2D eigenvalue weighted by molar-refractivity contribution is -0.473. The molecule has 0 radical (unpaired) electrons. The van der Waals surface area contributed by atoms with Crippen molar-refractivity contribution in [2.45, 2.75) is 0 Å². The Kier molecular flexibility index (Phi) is 2.82. The Hall–Kier alpha value is -0.255. The minimum Gasteiger partial charge on any atom is -0.418 e. The monoisotopic (exact) mass is 131 g/mol. The minimum absolute atomic E-state index is 1.38. The molecule has 8 heavy (non-hydrogen) atoms. The van der Waals surface area contributed by atoms with Gasteiger partial charge in [0.15, 0.2) is 0 Å². The molecule has 0 aromatic heterocycles. The SMILES string of the molecule is C1C[NH2+]1.F[B-](F)(F)F. The third-order valence-corrected chi connectivity index (χ3v) is 0.289. The molecule has 0 saturated carbocycles. The highest BCUT2D eigenvalue weighted by Gasteiger charge is 2.20. The summed E-state index contributed by atoms with van der Waals surface area (Å²) >= 11 is 0. The van der Waals surface area contributed by atoms with E-state index in [0.717, 1.165) is 0 Å². The molecule has 1 aliphatic heterocycles. The molecule has 0 amide bonds. The first-order valence-electron chi connectivity index (χ1n) is 2.19. The van der Waals surface area contributed by atoms with Crippen LogP contribution in [0, 0.1) is 0 Å². The smallest absolute Gasteiger partial charge is 0.418 e. The summed E-state index contributed by atoms with van der Waals surface area (Å²) in [6.45, 7) is 2.75. The van der Waals surface area contributed by atoms with Gasteiger partial charge in [0, 0.05) is 0 Å². The zero-order valence-electron chi connectivity index (χ0n) is 4.08. The first kappa shape index (κ1) is 7.74.